The molecular weight excluding hydrogens is 391 g/mol. The minimum absolute atomic E-state index is 0.0391. The van der Waals surface area contributed by atoms with Gasteiger partial charge in [0, 0.05) is 34.4 Å². The van der Waals surface area contributed by atoms with Gasteiger partial charge in [-0.15, -0.1) is 0 Å². The van der Waals surface area contributed by atoms with E-state index in [0.29, 0.717) is 21.4 Å². The second-order valence-electron chi connectivity index (χ2n) is 6.05. The number of hydrogen-bond donors (Lipinski definition) is 1. The van der Waals surface area contributed by atoms with E-state index in [4.69, 9.17) is 27.9 Å². The lowest BCUT2D eigenvalue weighted by Gasteiger charge is -2.16. The molecule has 27 heavy (non-hydrogen) atoms. The monoisotopic (exact) mass is 406 g/mol. The molecule has 1 fully saturated rings. The van der Waals surface area contributed by atoms with Crippen molar-refractivity contribution < 1.29 is 19.1 Å². The fourth-order valence-corrected chi connectivity index (χ4v) is 3.07. The molecule has 0 radical (unpaired) electrons. The Balaban J connectivity index is 1.52. The Morgan fingerprint density at radius 2 is 1.85 bits per heavy atom. The number of benzene rings is 2. The molecule has 1 heterocycles. The summed E-state index contributed by atoms with van der Waals surface area (Å²) in [4.78, 5) is 37.8. The van der Waals surface area contributed by atoms with Crippen LogP contribution in [-0.4, -0.2) is 30.9 Å². The molecule has 3 rings (SSSR count). The van der Waals surface area contributed by atoms with Crippen LogP contribution in [0.2, 0.25) is 10.0 Å². The summed E-state index contributed by atoms with van der Waals surface area (Å²) in [6.07, 6.45) is 0.0391. The number of carbonyl (C=O) groups is 3. The van der Waals surface area contributed by atoms with Gasteiger partial charge in [-0.2, -0.15) is 0 Å². The Labute approximate surface area is 166 Å². The largest absolute Gasteiger partial charge is 0.455 e. The average molecular weight is 407 g/mol. The highest BCUT2D eigenvalue weighted by molar-refractivity contribution is 6.31. The lowest BCUT2D eigenvalue weighted by atomic mass is 10.1. The maximum absolute atomic E-state index is 12.2. The predicted octanol–water partition coefficient (Wildman–Crippen LogP) is 3.53. The van der Waals surface area contributed by atoms with Crippen molar-refractivity contribution in [2.24, 2.45) is 5.92 Å². The normalized spacial score (nSPS) is 16.3. The molecule has 0 aliphatic carbocycles. The standard InChI is InChI=1S/C19H16Cl2N2O4/c20-13-4-6-16(7-5-13)23-10-12(8-18(23)25)19(26)27-11-17(24)22-15-3-1-2-14(21)9-15/h1-7,9,12H,8,10-11H2,(H,22,24)/t12-/m0/s1. The van der Waals surface area contributed by atoms with E-state index in [2.05, 4.69) is 5.32 Å². The van der Waals surface area contributed by atoms with Gasteiger partial charge in [0.05, 0.1) is 5.92 Å². The van der Waals surface area contributed by atoms with Gasteiger partial charge in [-0.25, -0.2) is 0 Å². The van der Waals surface area contributed by atoms with E-state index in [0.717, 1.165) is 0 Å². The van der Waals surface area contributed by atoms with E-state index in [9.17, 15) is 14.4 Å². The molecule has 1 N–H and O–H groups in total. The number of carbonyl (C=O) groups excluding carboxylic acids is 3. The second kappa shape index (κ2) is 8.41. The second-order valence-corrected chi connectivity index (χ2v) is 6.92. The number of esters is 1. The summed E-state index contributed by atoms with van der Waals surface area (Å²) >= 11 is 11.7. The van der Waals surface area contributed by atoms with Gasteiger partial charge in [0.2, 0.25) is 5.91 Å². The highest BCUT2D eigenvalue weighted by Gasteiger charge is 2.36. The molecule has 0 saturated carbocycles. The first-order valence-electron chi connectivity index (χ1n) is 8.20. The molecule has 2 aromatic carbocycles. The summed E-state index contributed by atoms with van der Waals surface area (Å²) in [5.41, 5.74) is 1.17. The fraction of sp³-hybridized carbons (Fsp3) is 0.211. The zero-order chi connectivity index (χ0) is 19.4. The third-order valence-electron chi connectivity index (χ3n) is 4.05. The Morgan fingerprint density at radius 1 is 1.11 bits per heavy atom. The van der Waals surface area contributed by atoms with Crippen LogP contribution >= 0.6 is 23.2 Å². The minimum atomic E-state index is -0.618. The van der Waals surface area contributed by atoms with Crippen molar-refractivity contribution in [3.63, 3.8) is 0 Å². The van der Waals surface area contributed by atoms with Crippen LogP contribution < -0.4 is 10.2 Å². The summed E-state index contributed by atoms with van der Waals surface area (Å²) in [7, 11) is 0. The van der Waals surface area contributed by atoms with E-state index in [1.54, 1.807) is 48.5 Å². The van der Waals surface area contributed by atoms with E-state index >= 15 is 0 Å². The van der Waals surface area contributed by atoms with Gasteiger partial charge < -0.3 is 15.0 Å². The number of anilines is 2. The quantitative estimate of drug-likeness (QED) is 0.770. The van der Waals surface area contributed by atoms with Crippen LogP contribution in [0.1, 0.15) is 6.42 Å². The Kier molecular flexibility index (Phi) is 5.98. The maximum Gasteiger partial charge on any atom is 0.311 e. The van der Waals surface area contributed by atoms with Crippen molar-refractivity contribution >= 4 is 52.4 Å². The molecule has 8 heteroatoms. The molecule has 1 aliphatic heterocycles. The van der Waals surface area contributed by atoms with Gasteiger partial charge in [0.1, 0.15) is 0 Å². The van der Waals surface area contributed by atoms with Gasteiger partial charge in [-0.3, -0.25) is 14.4 Å². The van der Waals surface area contributed by atoms with Crippen molar-refractivity contribution in [1.29, 1.82) is 0 Å². The number of nitrogens with zero attached hydrogens (tertiary/aromatic N) is 1. The van der Waals surface area contributed by atoms with Gasteiger partial charge >= 0.3 is 5.97 Å². The molecule has 1 atom stereocenters. The molecule has 2 aromatic rings. The summed E-state index contributed by atoms with van der Waals surface area (Å²) in [6.45, 7) is -0.230. The van der Waals surface area contributed by atoms with Crippen LogP contribution in [0.4, 0.5) is 11.4 Å². The number of rotatable bonds is 5. The van der Waals surface area contributed by atoms with Crippen LogP contribution in [0.5, 0.6) is 0 Å². The fourth-order valence-electron chi connectivity index (χ4n) is 2.75. The van der Waals surface area contributed by atoms with Crippen LogP contribution in [0, 0.1) is 5.92 Å². The molecular formula is C19H16Cl2N2O4. The summed E-state index contributed by atoms with van der Waals surface area (Å²) < 4.78 is 5.06. The van der Waals surface area contributed by atoms with Crippen LogP contribution in [0.3, 0.4) is 0 Å². The van der Waals surface area contributed by atoms with E-state index in [1.807, 2.05) is 0 Å². The molecule has 0 spiro atoms. The number of amides is 2. The number of halogens is 2. The zero-order valence-corrected chi connectivity index (χ0v) is 15.7. The van der Waals surface area contributed by atoms with Crippen molar-refractivity contribution in [2.45, 2.75) is 6.42 Å². The third-order valence-corrected chi connectivity index (χ3v) is 4.54. The van der Waals surface area contributed by atoms with Crippen LogP contribution in [-0.2, 0) is 19.1 Å². The van der Waals surface area contributed by atoms with Gasteiger partial charge in [0.15, 0.2) is 6.61 Å². The number of hydrogen-bond acceptors (Lipinski definition) is 4. The van der Waals surface area contributed by atoms with E-state index in [-0.39, 0.29) is 18.9 Å². The maximum atomic E-state index is 12.2. The molecule has 1 aliphatic rings. The molecule has 2 amide bonds. The lowest BCUT2D eigenvalue weighted by molar-refractivity contribution is -0.151. The Hall–Kier alpha value is -2.57. The topological polar surface area (TPSA) is 75.7 Å². The van der Waals surface area contributed by atoms with Gasteiger partial charge in [-0.1, -0.05) is 29.3 Å². The van der Waals surface area contributed by atoms with Crippen molar-refractivity contribution in [3.8, 4) is 0 Å². The molecule has 0 bridgehead atoms. The first-order valence-corrected chi connectivity index (χ1v) is 8.96. The Morgan fingerprint density at radius 3 is 2.56 bits per heavy atom. The first-order chi connectivity index (χ1) is 12.9. The Bertz CT molecular complexity index is 870. The SMILES string of the molecule is O=C(COC(=O)[C@H]1CC(=O)N(c2ccc(Cl)cc2)C1)Nc1cccc(Cl)c1. The summed E-state index contributed by atoms with van der Waals surface area (Å²) in [5, 5.41) is 3.63. The van der Waals surface area contributed by atoms with Gasteiger partial charge in [0.25, 0.3) is 5.91 Å². The third kappa shape index (κ3) is 4.99. The average Bonchev–Trinajstić information content (AvgIpc) is 3.02. The molecule has 6 nitrogen and oxygen atoms in total. The van der Waals surface area contributed by atoms with Crippen molar-refractivity contribution in [3.05, 3.63) is 58.6 Å². The predicted molar refractivity (Wildman–Crippen MR) is 103 cm³/mol. The van der Waals surface area contributed by atoms with E-state index in [1.165, 1.54) is 4.90 Å². The zero-order valence-electron chi connectivity index (χ0n) is 14.2. The van der Waals surface area contributed by atoms with Crippen LogP contribution in [0.15, 0.2) is 48.5 Å². The van der Waals surface area contributed by atoms with E-state index < -0.39 is 24.4 Å². The lowest BCUT2D eigenvalue weighted by Crippen LogP contribution is -2.28. The van der Waals surface area contributed by atoms with Crippen molar-refractivity contribution in [2.75, 3.05) is 23.4 Å². The number of nitrogens with one attached hydrogen (secondary N) is 1. The van der Waals surface area contributed by atoms with Crippen LogP contribution in [0.25, 0.3) is 0 Å². The summed E-state index contributed by atoms with van der Waals surface area (Å²) in [6, 6.07) is 13.4. The minimum Gasteiger partial charge on any atom is -0.455 e. The highest BCUT2D eigenvalue weighted by Crippen LogP contribution is 2.27. The highest BCUT2D eigenvalue weighted by atomic mass is 35.5. The first kappa shape index (κ1) is 19.2. The van der Waals surface area contributed by atoms with Crippen molar-refractivity contribution in [1.82, 2.24) is 0 Å². The molecule has 140 valence electrons. The smallest absolute Gasteiger partial charge is 0.311 e. The molecule has 0 unspecified atom stereocenters. The summed E-state index contributed by atoms with van der Waals surface area (Å²) in [5.74, 6) is -1.86. The molecule has 0 aromatic heterocycles. The van der Waals surface area contributed by atoms with Gasteiger partial charge in [-0.05, 0) is 42.5 Å². The molecule has 1 saturated heterocycles. The number of ether oxygens (including phenoxy) is 1.